The number of rotatable bonds is 3. The van der Waals surface area contributed by atoms with Gasteiger partial charge >= 0.3 is 0 Å². The lowest BCUT2D eigenvalue weighted by Gasteiger charge is -2.43. The van der Waals surface area contributed by atoms with Crippen molar-refractivity contribution >= 4 is 16.3 Å². The molecule has 4 atom stereocenters. The van der Waals surface area contributed by atoms with Gasteiger partial charge in [-0.3, -0.25) is 4.98 Å². The van der Waals surface area contributed by atoms with E-state index in [4.69, 9.17) is 0 Å². The van der Waals surface area contributed by atoms with Crippen LogP contribution in [-0.2, 0) is 0 Å². The van der Waals surface area contributed by atoms with E-state index in [2.05, 4.69) is 32.1 Å². The second-order valence-electron chi connectivity index (χ2n) is 7.97. The third-order valence-electron chi connectivity index (χ3n) is 6.16. The number of phenols is 1. The number of aromatic hydroxyl groups is 1. The van der Waals surface area contributed by atoms with Gasteiger partial charge in [0.25, 0.3) is 0 Å². The summed E-state index contributed by atoms with van der Waals surface area (Å²) in [6.07, 6.45) is 7.71. The Hall–Kier alpha value is -2.93. The van der Waals surface area contributed by atoms with Gasteiger partial charge in [-0.2, -0.15) is 0 Å². The molecule has 2 aliphatic rings. The number of fused-ring (bicyclic) bond motifs is 3. The maximum absolute atomic E-state index is 15.0. The molecule has 0 spiro atoms. The smallest absolute Gasteiger partial charge is 0.185 e. The van der Waals surface area contributed by atoms with Crippen LogP contribution in [0.25, 0.3) is 27.7 Å². The first-order chi connectivity index (χ1) is 14.1. The summed E-state index contributed by atoms with van der Waals surface area (Å²) in [5.74, 6) is 0.112. The standard InChI is InChI=1S/C22H22FN5O/c1-12(16-9-15-3-2-4-18(26-15)21(16)23)19-11-25-22(28-27-19)17-7-13-5-6-24-10-14(13)8-20(17)29/h5-8,10-11,15-16,18,21,26,29H,1-4,9H2/t15?,16?,18?,21-/m0/s1. The van der Waals surface area contributed by atoms with Crippen molar-refractivity contribution in [3.05, 3.63) is 49.1 Å². The molecule has 3 aromatic rings. The lowest BCUT2D eigenvalue weighted by molar-refractivity contribution is 0.0982. The van der Waals surface area contributed by atoms with Crippen LogP contribution in [0.4, 0.5) is 4.39 Å². The summed E-state index contributed by atoms with van der Waals surface area (Å²) in [7, 11) is 0. The Bertz CT molecular complexity index is 1070. The second-order valence-corrected chi connectivity index (χ2v) is 7.97. The monoisotopic (exact) mass is 391 g/mol. The number of nitrogens with zero attached hydrogens (tertiary/aromatic N) is 4. The molecule has 2 saturated heterocycles. The van der Waals surface area contributed by atoms with E-state index in [1.807, 2.05) is 12.1 Å². The van der Waals surface area contributed by atoms with E-state index in [9.17, 15) is 9.50 Å². The first kappa shape index (κ1) is 18.1. The maximum Gasteiger partial charge on any atom is 0.185 e. The van der Waals surface area contributed by atoms with Crippen LogP contribution in [0.5, 0.6) is 5.75 Å². The number of alkyl halides is 1. The SMILES string of the molecule is C=C(c1cnc(-c2cc3ccncc3cc2O)nn1)C1CC2CCCC(N2)[C@H]1F. The predicted octanol–water partition coefficient (Wildman–Crippen LogP) is 3.67. The van der Waals surface area contributed by atoms with Gasteiger partial charge in [-0.05, 0) is 48.4 Å². The lowest BCUT2D eigenvalue weighted by atomic mass is 9.75. The number of hydrogen-bond donors (Lipinski definition) is 2. The van der Waals surface area contributed by atoms with Gasteiger partial charge in [-0.15, -0.1) is 10.2 Å². The topological polar surface area (TPSA) is 83.8 Å². The molecule has 0 aliphatic carbocycles. The van der Waals surface area contributed by atoms with Crippen LogP contribution in [0, 0.1) is 5.92 Å². The molecule has 148 valence electrons. The number of piperidine rings is 2. The van der Waals surface area contributed by atoms with E-state index in [0.29, 0.717) is 28.7 Å². The predicted molar refractivity (Wildman–Crippen MR) is 109 cm³/mol. The Morgan fingerprint density at radius 2 is 2.07 bits per heavy atom. The van der Waals surface area contributed by atoms with Crippen molar-refractivity contribution in [3.8, 4) is 17.1 Å². The fourth-order valence-corrected chi connectivity index (χ4v) is 4.58. The summed E-state index contributed by atoms with van der Waals surface area (Å²) < 4.78 is 15.0. The molecule has 2 aromatic heterocycles. The molecule has 7 heteroatoms. The van der Waals surface area contributed by atoms with Crippen molar-refractivity contribution in [2.24, 2.45) is 5.92 Å². The molecule has 0 saturated carbocycles. The second kappa shape index (κ2) is 7.15. The Balaban J connectivity index is 1.42. The van der Waals surface area contributed by atoms with Gasteiger partial charge in [0, 0.05) is 35.8 Å². The largest absolute Gasteiger partial charge is 0.507 e. The van der Waals surface area contributed by atoms with Crippen molar-refractivity contribution < 1.29 is 9.50 Å². The molecular weight excluding hydrogens is 369 g/mol. The molecule has 2 N–H and O–H groups in total. The number of nitrogens with one attached hydrogen (secondary N) is 1. The van der Waals surface area contributed by atoms with E-state index in [1.54, 1.807) is 24.7 Å². The van der Waals surface area contributed by atoms with Crippen LogP contribution < -0.4 is 5.32 Å². The number of phenolic OH excluding ortho intramolecular Hbond substituents is 1. The average molecular weight is 391 g/mol. The number of pyridine rings is 1. The van der Waals surface area contributed by atoms with E-state index in [-0.39, 0.29) is 17.7 Å². The summed E-state index contributed by atoms with van der Waals surface area (Å²) in [4.78, 5) is 8.44. The fourth-order valence-electron chi connectivity index (χ4n) is 4.58. The highest BCUT2D eigenvalue weighted by atomic mass is 19.1. The fraction of sp³-hybridized carbons (Fsp3) is 0.364. The zero-order valence-corrected chi connectivity index (χ0v) is 15.9. The summed E-state index contributed by atoms with van der Waals surface area (Å²) >= 11 is 0. The molecule has 4 heterocycles. The van der Waals surface area contributed by atoms with Crippen LogP contribution in [0.1, 0.15) is 31.4 Å². The van der Waals surface area contributed by atoms with Crippen molar-refractivity contribution in [1.29, 1.82) is 0 Å². The summed E-state index contributed by atoms with van der Waals surface area (Å²) in [5.41, 5.74) is 1.65. The lowest BCUT2D eigenvalue weighted by Crippen LogP contribution is -2.55. The molecule has 1 aromatic carbocycles. The Labute approximate surface area is 167 Å². The molecular formula is C22H22FN5O. The molecule has 29 heavy (non-hydrogen) atoms. The van der Waals surface area contributed by atoms with Gasteiger partial charge in [-0.25, -0.2) is 9.37 Å². The zero-order valence-electron chi connectivity index (χ0n) is 15.9. The van der Waals surface area contributed by atoms with Crippen LogP contribution >= 0.6 is 0 Å². The zero-order chi connectivity index (χ0) is 20.0. The third kappa shape index (κ3) is 3.25. The molecule has 0 amide bonds. The molecule has 6 nitrogen and oxygen atoms in total. The van der Waals surface area contributed by atoms with Gasteiger partial charge in [0.15, 0.2) is 5.82 Å². The molecule has 2 bridgehead atoms. The normalized spacial score (nSPS) is 26.4. The minimum atomic E-state index is -0.973. The van der Waals surface area contributed by atoms with Crippen LogP contribution in [0.2, 0.25) is 0 Å². The van der Waals surface area contributed by atoms with Crippen molar-refractivity contribution in [3.63, 3.8) is 0 Å². The van der Waals surface area contributed by atoms with Crippen LogP contribution in [0.3, 0.4) is 0 Å². The van der Waals surface area contributed by atoms with Gasteiger partial charge in [0.05, 0.1) is 11.8 Å². The van der Waals surface area contributed by atoms with Crippen molar-refractivity contribution in [2.45, 2.75) is 43.9 Å². The van der Waals surface area contributed by atoms with Crippen molar-refractivity contribution in [1.82, 2.24) is 25.5 Å². The van der Waals surface area contributed by atoms with Gasteiger partial charge < -0.3 is 10.4 Å². The minimum Gasteiger partial charge on any atom is -0.507 e. The van der Waals surface area contributed by atoms with Crippen molar-refractivity contribution in [2.75, 3.05) is 0 Å². The minimum absolute atomic E-state index is 0.0638. The Kier molecular flexibility index (Phi) is 4.47. The number of halogens is 1. The van der Waals surface area contributed by atoms with E-state index >= 15 is 0 Å². The van der Waals surface area contributed by atoms with Crippen LogP contribution in [0.15, 0.2) is 43.4 Å². The number of aromatic nitrogens is 4. The van der Waals surface area contributed by atoms with Gasteiger partial charge in [0.1, 0.15) is 17.6 Å². The van der Waals surface area contributed by atoms with E-state index in [1.165, 1.54) is 0 Å². The van der Waals surface area contributed by atoms with Gasteiger partial charge in [-0.1, -0.05) is 13.0 Å². The first-order valence-corrected chi connectivity index (χ1v) is 9.96. The van der Waals surface area contributed by atoms with Gasteiger partial charge in [0.2, 0.25) is 0 Å². The number of allylic oxidation sites excluding steroid dienone is 1. The summed E-state index contributed by atoms with van der Waals surface area (Å²) in [5, 5.41) is 24.0. The first-order valence-electron chi connectivity index (χ1n) is 9.96. The number of benzene rings is 1. The molecule has 2 fully saturated rings. The Morgan fingerprint density at radius 3 is 2.90 bits per heavy atom. The molecule has 2 aliphatic heterocycles. The van der Waals surface area contributed by atoms with E-state index in [0.717, 1.165) is 36.5 Å². The maximum atomic E-state index is 15.0. The van der Waals surface area contributed by atoms with Crippen LogP contribution in [-0.4, -0.2) is 43.5 Å². The summed E-state index contributed by atoms with van der Waals surface area (Å²) in [6, 6.07) is 5.54. The quantitative estimate of drug-likeness (QED) is 0.709. The Morgan fingerprint density at radius 1 is 1.17 bits per heavy atom. The highest BCUT2D eigenvalue weighted by Crippen LogP contribution is 2.38. The number of hydrogen-bond acceptors (Lipinski definition) is 6. The molecule has 5 rings (SSSR count). The molecule has 3 unspecified atom stereocenters. The van der Waals surface area contributed by atoms with E-state index < -0.39 is 6.17 Å². The molecule has 0 radical (unpaired) electrons. The average Bonchev–Trinajstić information content (AvgIpc) is 2.76. The highest BCUT2D eigenvalue weighted by molar-refractivity contribution is 5.88. The summed E-state index contributed by atoms with van der Waals surface area (Å²) in [6.45, 7) is 4.12. The highest BCUT2D eigenvalue weighted by Gasteiger charge is 2.41. The third-order valence-corrected chi connectivity index (χ3v) is 6.16.